The van der Waals surface area contributed by atoms with Crippen molar-refractivity contribution in [3.05, 3.63) is 23.9 Å². The largest absolute Gasteiger partial charge is 0.390 e. The number of thioether (sulfide) groups is 1. The van der Waals surface area contributed by atoms with Crippen LogP contribution in [0, 0.1) is 17.2 Å². The average Bonchev–Trinajstić information content (AvgIpc) is 2.52. The molecule has 0 saturated heterocycles. The van der Waals surface area contributed by atoms with Gasteiger partial charge in [0.25, 0.3) is 0 Å². The van der Waals surface area contributed by atoms with Crippen LogP contribution in [-0.4, -0.2) is 41.2 Å². The van der Waals surface area contributed by atoms with E-state index in [1.54, 1.807) is 0 Å². The van der Waals surface area contributed by atoms with Gasteiger partial charge >= 0.3 is 0 Å². The first-order valence-electron chi connectivity index (χ1n) is 9.22. The lowest BCUT2D eigenvalue weighted by Crippen LogP contribution is -2.26. The summed E-state index contributed by atoms with van der Waals surface area (Å²) < 4.78 is 2.52. The molecule has 0 aliphatic rings. The zero-order chi connectivity index (χ0) is 18.4. The maximum absolute atomic E-state index is 7.50. The van der Waals surface area contributed by atoms with Crippen LogP contribution >= 0.6 is 11.8 Å². The fourth-order valence-corrected chi connectivity index (χ4v) is 3.55. The molecule has 0 amide bonds. The quantitative estimate of drug-likeness (QED) is 0.226. The normalized spacial score (nSPS) is 13.8. The van der Waals surface area contributed by atoms with Gasteiger partial charge in [-0.2, -0.15) is 0 Å². The molecule has 0 bridgehead atoms. The lowest BCUT2D eigenvalue weighted by atomic mass is 10.1. The molecule has 138 valence electrons. The number of hydrogen-bond donors (Lipinski definition) is 2. The predicted octanol–water partition coefficient (Wildman–Crippen LogP) is 4.94. The van der Waals surface area contributed by atoms with E-state index >= 15 is 0 Å². The standard InChI is InChI=1S/C20H38N3S/c1-7-10-22-11-13-24-20(14-17(3)4)23(16-18(5)6)12-9-19(8-2)15-21/h7,9-10,15,17-18,21-22H,8,11-14,16H2,1-6H3/q+1. The van der Waals surface area contributed by atoms with Crippen LogP contribution in [-0.2, 0) is 0 Å². The molecule has 0 fully saturated rings. The van der Waals surface area contributed by atoms with Gasteiger partial charge in [0.2, 0.25) is 5.04 Å². The van der Waals surface area contributed by atoms with Crippen molar-refractivity contribution in [2.75, 3.05) is 25.4 Å². The molecule has 0 aromatic carbocycles. The Morgan fingerprint density at radius 2 is 1.92 bits per heavy atom. The first-order valence-corrected chi connectivity index (χ1v) is 10.2. The predicted molar refractivity (Wildman–Crippen MR) is 112 cm³/mol. The zero-order valence-electron chi connectivity index (χ0n) is 16.6. The van der Waals surface area contributed by atoms with Crippen LogP contribution < -0.4 is 5.32 Å². The highest BCUT2D eigenvalue weighted by atomic mass is 32.2. The fourth-order valence-electron chi connectivity index (χ4n) is 2.31. The Hall–Kier alpha value is -1.03. The number of rotatable bonds is 12. The van der Waals surface area contributed by atoms with Gasteiger partial charge in [-0.1, -0.05) is 52.5 Å². The van der Waals surface area contributed by atoms with Crippen molar-refractivity contribution >= 4 is 23.0 Å². The van der Waals surface area contributed by atoms with Crippen LogP contribution in [0.5, 0.6) is 0 Å². The molecule has 0 rings (SSSR count). The van der Waals surface area contributed by atoms with E-state index in [4.69, 9.17) is 5.41 Å². The van der Waals surface area contributed by atoms with E-state index in [0.717, 1.165) is 43.8 Å². The van der Waals surface area contributed by atoms with Crippen LogP contribution in [0.4, 0.5) is 0 Å². The molecule has 3 nitrogen and oxygen atoms in total. The Kier molecular flexibility index (Phi) is 13.7. The van der Waals surface area contributed by atoms with E-state index in [9.17, 15) is 0 Å². The summed E-state index contributed by atoms with van der Waals surface area (Å²) in [6, 6.07) is 0. The molecule has 0 heterocycles. The molecule has 0 saturated carbocycles. The molecule has 2 N–H and O–H groups in total. The topological polar surface area (TPSA) is 38.9 Å². The lowest BCUT2D eigenvalue weighted by Gasteiger charge is -2.13. The summed E-state index contributed by atoms with van der Waals surface area (Å²) in [7, 11) is 0. The molecule has 4 heteroatoms. The third-order valence-corrected chi connectivity index (χ3v) is 4.65. The maximum Gasteiger partial charge on any atom is 0.211 e. The van der Waals surface area contributed by atoms with E-state index < -0.39 is 0 Å². The van der Waals surface area contributed by atoms with E-state index in [1.165, 1.54) is 11.3 Å². The van der Waals surface area contributed by atoms with Gasteiger partial charge in [-0.05, 0) is 37.1 Å². The second-order valence-electron chi connectivity index (χ2n) is 6.87. The van der Waals surface area contributed by atoms with E-state index in [-0.39, 0.29) is 0 Å². The third-order valence-electron chi connectivity index (χ3n) is 3.49. The van der Waals surface area contributed by atoms with Crippen LogP contribution in [0.15, 0.2) is 23.9 Å². The van der Waals surface area contributed by atoms with Gasteiger partial charge in [0.1, 0.15) is 6.54 Å². The highest BCUT2D eigenvalue weighted by molar-refractivity contribution is 8.13. The summed E-state index contributed by atoms with van der Waals surface area (Å²) in [6.07, 6.45) is 9.80. The number of hydrogen-bond acceptors (Lipinski definition) is 3. The first kappa shape index (κ1) is 23.0. The van der Waals surface area contributed by atoms with Crippen molar-refractivity contribution in [2.24, 2.45) is 11.8 Å². The van der Waals surface area contributed by atoms with Gasteiger partial charge in [-0.15, -0.1) is 0 Å². The minimum atomic E-state index is 0.632. The summed E-state index contributed by atoms with van der Waals surface area (Å²) in [6.45, 7) is 16.2. The molecule has 24 heavy (non-hydrogen) atoms. The van der Waals surface area contributed by atoms with Gasteiger partial charge < -0.3 is 10.7 Å². The Bertz CT molecular complexity index is 434. The van der Waals surface area contributed by atoms with Crippen molar-refractivity contribution in [1.82, 2.24) is 5.32 Å². The molecule has 0 aliphatic heterocycles. The molecule has 0 aromatic heterocycles. The maximum atomic E-state index is 7.50. The van der Waals surface area contributed by atoms with Gasteiger partial charge in [0.05, 0.1) is 0 Å². The van der Waals surface area contributed by atoms with Crippen LogP contribution in [0.1, 0.15) is 54.4 Å². The van der Waals surface area contributed by atoms with E-state index in [1.807, 2.05) is 31.0 Å². The smallest absolute Gasteiger partial charge is 0.211 e. The second kappa shape index (κ2) is 14.3. The molecule has 0 aromatic rings. The van der Waals surface area contributed by atoms with E-state index in [0.29, 0.717) is 11.8 Å². The van der Waals surface area contributed by atoms with Crippen LogP contribution in [0.3, 0.4) is 0 Å². The minimum absolute atomic E-state index is 0.632. The second-order valence-corrected chi connectivity index (χ2v) is 8.04. The van der Waals surface area contributed by atoms with Crippen LogP contribution in [0.25, 0.3) is 0 Å². The van der Waals surface area contributed by atoms with Gasteiger partial charge in [-0.3, -0.25) is 0 Å². The lowest BCUT2D eigenvalue weighted by molar-refractivity contribution is -0.522. The number of allylic oxidation sites excluding steroid dienone is 2. The molecule has 0 aliphatic carbocycles. The minimum Gasteiger partial charge on any atom is -0.390 e. The van der Waals surface area contributed by atoms with E-state index in [2.05, 4.69) is 50.6 Å². The van der Waals surface area contributed by atoms with Gasteiger partial charge in [0.15, 0.2) is 6.54 Å². The summed E-state index contributed by atoms with van der Waals surface area (Å²) in [4.78, 5) is 0. The van der Waals surface area contributed by atoms with Crippen molar-refractivity contribution in [2.45, 2.75) is 54.4 Å². The summed E-state index contributed by atoms with van der Waals surface area (Å²) >= 11 is 1.98. The Labute approximate surface area is 154 Å². The average molecular weight is 353 g/mol. The van der Waals surface area contributed by atoms with Gasteiger partial charge in [-0.25, -0.2) is 4.58 Å². The summed E-state index contributed by atoms with van der Waals surface area (Å²) in [5, 5.41) is 12.3. The zero-order valence-corrected chi connectivity index (χ0v) is 17.4. The highest BCUT2D eigenvalue weighted by Crippen LogP contribution is 2.14. The summed E-state index contributed by atoms with van der Waals surface area (Å²) in [5.41, 5.74) is 1.12. The monoisotopic (exact) mass is 352 g/mol. The van der Waals surface area contributed by atoms with Crippen molar-refractivity contribution in [3.63, 3.8) is 0 Å². The molecule has 0 radical (unpaired) electrons. The van der Waals surface area contributed by atoms with Crippen molar-refractivity contribution < 1.29 is 4.58 Å². The molecule has 0 spiro atoms. The molecule has 0 atom stereocenters. The third kappa shape index (κ3) is 11.5. The first-order chi connectivity index (χ1) is 11.4. The van der Waals surface area contributed by atoms with Crippen LogP contribution in [0.2, 0.25) is 0 Å². The fraction of sp³-hybridized carbons (Fsp3) is 0.700. The van der Waals surface area contributed by atoms with Crippen molar-refractivity contribution in [1.29, 1.82) is 5.41 Å². The summed E-state index contributed by atoms with van der Waals surface area (Å²) in [5.74, 6) is 2.37. The Morgan fingerprint density at radius 1 is 1.21 bits per heavy atom. The Morgan fingerprint density at radius 3 is 2.42 bits per heavy atom. The molecule has 0 unspecified atom stereocenters. The molecular weight excluding hydrogens is 314 g/mol. The highest BCUT2D eigenvalue weighted by Gasteiger charge is 2.18. The number of nitrogens with zero attached hydrogens (tertiary/aromatic N) is 1. The van der Waals surface area contributed by atoms with Crippen molar-refractivity contribution in [3.8, 4) is 0 Å². The Balaban J connectivity index is 5.19. The van der Waals surface area contributed by atoms with Gasteiger partial charge in [0, 0.05) is 30.9 Å². The SMILES string of the molecule is CC=CNCCSC(CC(C)C)=[N+](CC=C(C=N)CC)CC(C)C. The molecular formula is C20H38N3S+. The number of nitrogens with one attached hydrogen (secondary N) is 2.